The molecule has 2 aliphatic heterocycles. The molecule has 0 N–H and O–H groups in total. The average Bonchev–Trinajstić information content (AvgIpc) is 2.73. The number of halogens is 3. The van der Waals surface area contributed by atoms with Crippen LogP contribution in [0.25, 0.3) is 0 Å². The van der Waals surface area contributed by atoms with Crippen molar-refractivity contribution in [3.63, 3.8) is 0 Å². The van der Waals surface area contributed by atoms with E-state index in [4.69, 9.17) is 0 Å². The number of amides is 1. The van der Waals surface area contributed by atoms with Gasteiger partial charge in [-0.15, -0.1) is 0 Å². The van der Waals surface area contributed by atoms with Crippen LogP contribution in [0, 0.1) is 5.92 Å². The molecule has 7 heteroatoms. The fraction of sp³-hybridized carbons (Fsp3) is 0.682. The van der Waals surface area contributed by atoms with Gasteiger partial charge in [0, 0.05) is 44.5 Å². The van der Waals surface area contributed by atoms with Crippen LogP contribution in [0.2, 0.25) is 0 Å². The monoisotopic (exact) mass is 409 g/mol. The van der Waals surface area contributed by atoms with Gasteiger partial charge >= 0.3 is 6.18 Å². The predicted octanol–water partition coefficient (Wildman–Crippen LogP) is 4.01. The number of alkyl halides is 3. The van der Waals surface area contributed by atoms with Gasteiger partial charge in [0.2, 0.25) is 5.91 Å². The molecule has 4 nitrogen and oxygen atoms in total. The van der Waals surface area contributed by atoms with Gasteiger partial charge in [-0.3, -0.25) is 9.69 Å². The lowest BCUT2D eigenvalue weighted by molar-refractivity contribution is -0.139. The van der Waals surface area contributed by atoms with Crippen molar-refractivity contribution in [1.29, 1.82) is 0 Å². The lowest BCUT2D eigenvalue weighted by Gasteiger charge is -2.45. The smallest absolute Gasteiger partial charge is 0.369 e. The summed E-state index contributed by atoms with van der Waals surface area (Å²) < 4.78 is 38.9. The fourth-order valence-corrected chi connectivity index (χ4v) is 5.26. The van der Waals surface area contributed by atoms with Crippen molar-refractivity contribution in [2.45, 2.75) is 50.7 Å². The molecule has 3 aliphatic rings. The number of benzene rings is 1. The second-order valence-electron chi connectivity index (χ2n) is 8.65. The maximum atomic E-state index is 13.0. The lowest BCUT2D eigenvalue weighted by Crippen LogP contribution is -2.54. The quantitative estimate of drug-likeness (QED) is 0.755. The number of likely N-dealkylation sites (tertiary alicyclic amines) is 1. The Labute approximate surface area is 170 Å². The van der Waals surface area contributed by atoms with Gasteiger partial charge in [-0.05, 0) is 49.8 Å². The molecule has 1 aliphatic carbocycles. The van der Waals surface area contributed by atoms with Gasteiger partial charge in [-0.1, -0.05) is 18.9 Å². The van der Waals surface area contributed by atoms with Gasteiger partial charge in [-0.25, -0.2) is 0 Å². The van der Waals surface area contributed by atoms with E-state index in [2.05, 4.69) is 9.80 Å². The van der Waals surface area contributed by atoms with Gasteiger partial charge in [0.25, 0.3) is 0 Å². The highest BCUT2D eigenvalue weighted by Crippen LogP contribution is 2.35. The first-order valence-electron chi connectivity index (χ1n) is 10.9. The summed E-state index contributed by atoms with van der Waals surface area (Å²) in [4.78, 5) is 19.2. The Kier molecular flexibility index (Phi) is 6.04. The number of piperidine rings is 1. The first-order chi connectivity index (χ1) is 13.9. The molecule has 0 spiro atoms. The minimum atomic E-state index is -4.32. The molecule has 29 heavy (non-hydrogen) atoms. The summed E-state index contributed by atoms with van der Waals surface area (Å²) >= 11 is 0. The standard InChI is InChI=1S/C22H30F3N3O/c23-22(24,25)18-7-3-8-19(15-18)27-13-11-26(12-14-27)16-21(29)28-10-4-6-17-5-1-2-9-20(17)28/h3,7-8,15,17,20H,1-2,4-6,9-14,16H2. The molecule has 2 heterocycles. The Hall–Kier alpha value is -1.76. The molecule has 1 amide bonds. The highest BCUT2D eigenvalue weighted by Gasteiger charge is 2.36. The van der Waals surface area contributed by atoms with Crippen molar-refractivity contribution in [3.8, 4) is 0 Å². The molecular formula is C22H30F3N3O. The fourth-order valence-electron chi connectivity index (χ4n) is 5.26. The number of hydrogen-bond donors (Lipinski definition) is 0. The van der Waals surface area contributed by atoms with E-state index in [9.17, 15) is 18.0 Å². The SMILES string of the molecule is O=C(CN1CCN(c2cccc(C(F)(F)F)c2)CC1)N1CCCC2CCCCC21. The average molecular weight is 409 g/mol. The van der Waals surface area contributed by atoms with Crippen LogP contribution in [0.4, 0.5) is 18.9 Å². The Balaban J connectivity index is 1.31. The Morgan fingerprint density at radius 3 is 2.45 bits per heavy atom. The van der Waals surface area contributed by atoms with Crippen LogP contribution in [0.3, 0.4) is 0 Å². The minimum absolute atomic E-state index is 0.231. The summed E-state index contributed by atoms with van der Waals surface area (Å²) in [6.07, 6.45) is 2.95. The van der Waals surface area contributed by atoms with Gasteiger partial charge < -0.3 is 9.80 Å². The van der Waals surface area contributed by atoms with E-state index in [1.165, 1.54) is 37.8 Å². The van der Waals surface area contributed by atoms with Crippen molar-refractivity contribution in [2.24, 2.45) is 5.92 Å². The number of piperazine rings is 1. The van der Waals surface area contributed by atoms with E-state index in [-0.39, 0.29) is 5.91 Å². The molecule has 0 aromatic heterocycles. The Morgan fingerprint density at radius 1 is 0.966 bits per heavy atom. The number of anilines is 1. The molecule has 3 fully saturated rings. The summed E-state index contributed by atoms with van der Waals surface area (Å²) in [5.74, 6) is 0.910. The molecule has 0 radical (unpaired) electrons. The van der Waals surface area contributed by atoms with E-state index in [0.717, 1.165) is 25.5 Å². The van der Waals surface area contributed by atoms with E-state index in [1.54, 1.807) is 6.07 Å². The van der Waals surface area contributed by atoms with Crippen molar-refractivity contribution in [1.82, 2.24) is 9.80 Å². The third-order valence-corrected chi connectivity index (χ3v) is 6.83. The van der Waals surface area contributed by atoms with Crippen LogP contribution >= 0.6 is 0 Å². The molecular weight excluding hydrogens is 379 g/mol. The predicted molar refractivity (Wildman–Crippen MR) is 107 cm³/mol. The summed E-state index contributed by atoms with van der Waals surface area (Å²) in [7, 11) is 0. The van der Waals surface area contributed by atoms with Crippen LogP contribution in [0.5, 0.6) is 0 Å². The van der Waals surface area contributed by atoms with Gasteiger partial charge in [0.1, 0.15) is 0 Å². The molecule has 1 aromatic rings. The summed E-state index contributed by atoms with van der Waals surface area (Å²) in [5.41, 5.74) is -0.00776. The normalized spacial score (nSPS) is 26.3. The van der Waals surface area contributed by atoms with Crippen LogP contribution < -0.4 is 4.90 Å². The molecule has 2 atom stereocenters. The van der Waals surface area contributed by atoms with Gasteiger partial charge in [0.15, 0.2) is 0 Å². The van der Waals surface area contributed by atoms with Gasteiger partial charge in [0.05, 0.1) is 12.1 Å². The van der Waals surface area contributed by atoms with Crippen LogP contribution in [0.1, 0.15) is 44.1 Å². The molecule has 4 rings (SSSR count). The lowest BCUT2D eigenvalue weighted by atomic mass is 9.78. The van der Waals surface area contributed by atoms with E-state index < -0.39 is 11.7 Å². The number of fused-ring (bicyclic) bond motifs is 1. The first kappa shape index (κ1) is 20.5. The first-order valence-corrected chi connectivity index (χ1v) is 10.9. The highest BCUT2D eigenvalue weighted by atomic mass is 19.4. The zero-order valence-corrected chi connectivity index (χ0v) is 16.8. The van der Waals surface area contributed by atoms with E-state index in [1.807, 2.05) is 4.90 Å². The number of hydrogen-bond acceptors (Lipinski definition) is 3. The molecule has 1 aromatic carbocycles. The maximum absolute atomic E-state index is 13.0. The number of nitrogens with zero attached hydrogens (tertiary/aromatic N) is 3. The van der Waals surface area contributed by atoms with Crippen LogP contribution in [-0.2, 0) is 11.0 Å². The van der Waals surface area contributed by atoms with Crippen molar-refractivity contribution >= 4 is 11.6 Å². The minimum Gasteiger partial charge on any atom is -0.369 e. The Bertz CT molecular complexity index is 713. The number of carbonyl (C=O) groups excluding carboxylic acids is 1. The zero-order valence-electron chi connectivity index (χ0n) is 16.8. The number of rotatable bonds is 3. The molecule has 160 valence electrons. The summed E-state index contributed by atoms with van der Waals surface area (Å²) in [5, 5.41) is 0. The number of carbonyl (C=O) groups is 1. The van der Waals surface area contributed by atoms with Crippen LogP contribution in [-0.4, -0.2) is 61.0 Å². The zero-order chi connectivity index (χ0) is 20.4. The topological polar surface area (TPSA) is 26.8 Å². The van der Waals surface area contributed by atoms with Crippen molar-refractivity contribution in [3.05, 3.63) is 29.8 Å². The second-order valence-corrected chi connectivity index (χ2v) is 8.65. The summed E-state index contributed by atoms with van der Waals surface area (Å²) in [6.45, 7) is 3.99. The second kappa shape index (κ2) is 8.54. The highest BCUT2D eigenvalue weighted by molar-refractivity contribution is 5.78. The Morgan fingerprint density at radius 2 is 1.69 bits per heavy atom. The molecule has 0 bridgehead atoms. The summed E-state index contributed by atoms with van der Waals surface area (Å²) in [6, 6.07) is 5.95. The third-order valence-electron chi connectivity index (χ3n) is 6.83. The third kappa shape index (κ3) is 4.71. The van der Waals surface area contributed by atoms with Crippen molar-refractivity contribution in [2.75, 3.05) is 44.2 Å². The van der Waals surface area contributed by atoms with E-state index >= 15 is 0 Å². The van der Waals surface area contributed by atoms with Crippen molar-refractivity contribution < 1.29 is 18.0 Å². The molecule has 2 saturated heterocycles. The largest absolute Gasteiger partial charge is 0.416 e. The van der Waals surface area contributed by atoms with E-state index in [0.29, 0.717) is 50.4 Å². The maximum Gasteiger partial charge on any atom is 0.416 e. The van der Waals surface area contributed by atoms with Crippen LogP contribution in [0.15, 0.2) is 24.3 Å². The molecule has 1 saturated carbocycles. The molecule has 2 unspecified atom stereocenters. The van der Waals surface area contributed by atoms with Gasteiger partial charge in [-0.2, -0.15) is 13.2 Å².